The minimum absolute atomic E-state index is 0.202. The van der Waals surface area contributed by atoms with E-state index in [1.165, 1.54) is 17.5 Å². The van der Waals surface area contributed by atoms with Crippen LogP contribution in [0.3, 0.4) is 0 Å². The van der Waals surface area contributed by atoms with Crippen LogP contribution in [0.2, 0.25) is 0 Å². The number of hydrogen-bond acceptors (Lipinski definition) is 4. The van der Waals surface area contributed by atoms with Gasteiger partial charge in [0.15, 0.2) is 0 Å². The topological polar surface area (TPSA) is 70.7 Å². The van der Waals surface area contributed by atoms with Gasteiger partial charge in [0.05, 0.1) is 22.7 Å². The molecule has 0 atom stereocenters. The van der Waals surface area contributed by atoms with Crippen LogP contribution in [-0.4, -0.2) is 20.9 Å². The van der Waals surface area contributed by atoms with Gasteiger partial charge in [-0.25, -0.2) is 4.98 Å². The number of rotatable bonds is 2. The molecule has 2 heterocycles. The fourth-order valence-electron chi connectivity index (χ4n) is 1.51. The van der Waals surface area contributed by atoms with Gasteiger partial charge in [-0.05, 0) is 12.1 Å². The normalized spacial score (nSPS) is 10.6. The van der Waals surface area contributed by atoms with Gasteiger partial charge in [-0.2, -0.15) is 0 Å². The van der Waals surface area contributed by atoms with Crippen LogP contribution in [0.5, 0.6) is 0 Å². The number of nitrogens with zero attached hydrogens (tertiary/aromatic N) is 2. The molecule has 0 aliphatic heterocycles. The first-order valence-corrected chi connectivity index (χ1v) is 5.85. The zero-order valence-corrected chi connectivity index (χ0v) is 9.49. The molecule has 0 aliphatic carbocycles. The maximum Gasteiger partial charge on any atom is 0.269 e. The van der Waals surface area contributed by atoms with Crippen molar-refractivity contribution in [1.82, 2.24) is 15.0 Å². The second kappa shape index (κ2) is 3.99. The summed E-state index contributed by atoms with van der Waals surface area (Å²) in [4.78, 5) is 23.5. The van der Waals surface area contributed by atoms with Gasteiger partial charge in [0.2, 0.25) is 5.95 Å². The summed E-state index contributed by atoms with van der Waals surface area (Å²) in [5.74, 6) is 0.246. The van der Waals surface area contributed by atoms with E-state index in [0.29, 0.717) is 10.8 Å². The molecule has 1 aromatic carbocycles. The molecule has 6 heteroatoms. The van der Waals surface area contributed by atoms with Gasteiger partial charge in [-0.3, -0.25) is 15.1 Å². The number of hydrogen-bond donors (Lipinski definition) is 2. The van der Waals surface area contributed by atoms with E-state index in [9.17, 15) is 4.79 Å². The zero-order chi connectivity index (χ0) is 11.7. The summed E-state index contributed by atoms with van der Waals surface area (Å²) in [6.07, 6.45) is 1.53. The van der Waals surface area contributed by atoms with Crippen LogP contribution in [0, 0.1) is 0 Å². The molecule has 2 aromatic heterocycles. The van der Waals surface area contributed by atoms with Gasteiger partial charge in [0.1, 0.15) is 4.88 Å². The lowest BCUT2D eigenvalue weighted by Gasteiger charge is -1.96. The number of imidazole rings is 1. The average molecular weight is 244 g/mol. The van der Waals surface area contributed by atoms with Gasteiger partial charge in [0.25, 0.3) is 5.91 Å². The quantitative estimate of drug-likeness (QED) is 0.726. The third-order valence-corrected chi connectivity index (χ3v) is 3.05. The molecule has 0 unspecified atom stereocenters. The number of para-hydroxylation sites is 2. The van der Waals surface area contributed by atoms with Gasteiger partial charge in [0, 0.05) is 0 Å². The van der Waals surface area contributed by atoms with Crippen molar-refractivity contribution in [2.45, 2.75) is 0 Å². The van der Waals surface area contributed by atoms with E-state index in [-0.39, 0.29) is 5.91 Å². The molecule has 17 heavy (non-hydrogen) atoms. The molecule has 0 radical (unpaired) electrons. The van der Waals surface area contributed by atoms with Crippen molar-refractivity contribution in [3.8, 4) is 0 Å². The molecular formula is C11H8N4OS. The number of aromatic amines is 1. The third-order valence-electron chi connectivity index (χ3n) is 2.28. The zero-order valence-electron chi connectivity index (χ0n) is 8.68. The van der Waals surface area contributed by atoms with Crippen LogP contribution in [0.1, 0.15) is 9.67 Å². The van der Waals surface area contributed by atoms with Crippen molar-refractivity contribution in [2.75, 3.05) is 5.32 Å². The van der Waals surface area contributed by atoms with E-state index in [4.69, 9.17) is 0 Å². The number of H-pyrrole nitrogens is 1. The predicted octanol–water partition coefficient (Wildman–Crippen LogP) is 2.27. The number of carbonyl (C=O) groups is 1. The summed E-state index contributed by atoms with van der Waals surface area (Å²) in [7, 11) is 0. The molecular weight excluding hydrogens is 236 g/mol. The SMILES string of the molecule is O=C(Nc1nc2ccccc2[nH]1)c1cncs1. The summed E-state index contributed by atoms with van der Waals surface area (Å²) in [6.45, 7) is 0. The number of carbonyl (C=O) groups excluding carboxylic acids is 1. The maximum absolute atomic E-state index is 11.8. The first kappa shape index (κ1) is 9.98. The highest BCUT2D eigenvalue weighted by Crippen LogP contribution is 2.14. The van der Waals surface area contributed by atoms with Crippen LogP contribution in [0.15, 0.2) is 36.0 Å². The lowest BCUT2D eigenvalue weighted by molar-refractivity contribution is 0.102. The molecule has 3 aromatic rings. The number of fused-ring (bicyclic) bond motifs is 1. The molecule has 0 aliphatic rings. The van der Waals surface area contributed by atoms with E-state index in [1.54, 1.807) is 5.51 Å². The molecule has 2 N–H and O–H groups in total. The van der Waals surface area contributed by atoms with Crippen LogP contribution < -0.4 is 5.32 Å². The largest absolute Gasteiger partial charge is 0.324 e. The lowest BCUT2D eigenvalue weighted by Crippen LogP contribution is -2.11. The standard InChI is InChI=1S/C11H8N4OS/c16-10(9-5-12-6-17-9)15-11-13-7-3-1-2-4-8(7)14-11/h1-6H,(H2,13,14,15,16). The van der Waals surface area contributed by atoms with Crippen molar-refractivity contribution in [1.29, 1.82) is 0 Å². The highest BCUT2D eigenvalue weighted by atomic mass is 32.1. The Morgan fingerprint density at radius 2 is 2.24 bits per heavy atom. The van der Waals surface area contributed by atoms with Crippen molar-refractivity contribution in [3.63, 3.8) is 0 Å². The summed E-state index contributed by atoms with van der Waals surface area (Å²) in [5, 5.41) is 2.70. The highest BCUT2D eigenvalue weighted by Gasteiger charge is 2.09. The van der Waals surface area contributed by atoms with Crippen LogP contribution in [-0.2, 0) is 0 Å². The first-order valence-electron chi connectivity index (χ1n) is 4.97. The number of anilines is 1. The van der Waals surface area contributed by atoms with Crippen molar-refractivity contribution in [3.05, 3.63) is 40.8 Å². The monoisotopic (exact) mass is 244 g/mol. The summed E-state index contributed by atoms with van der Waals surface area (Å²) in [5.41, 5.74) is 3.34. The van der Waals surface area contributed by atoms with E-state index in [1.807, 2.05) is 24.3 Å². The molecule has 84 valence electrons. The predicted molar refractivity (Wildman–Crippen MR) is 66.2 cm³/mol. The molecule has 0 bridgehead atoms. The Balaban J connectivity index is 1.88. The number of amides is 1. The minimum atomic E-state index is -0.202. The van der Waals surface area contributed by atoms with E-state index in [0.717, 1.165) is 11.0 Å². The van der Waals surface area contributed by atoms with Gasteiger partial charge in [-0.15, -0.1) is 11.3 Å². The van der Waals surface area contributed by atoms with Gasteiger partial charge >= 0.3 is 0 Å². The Kier molecular flexibility index (Phi) is 2.34. The Labute approximate surface area is 101 Å². The minimum Gasteiger partial charge on any atom is -0.324 e. The smallest absolute Gasteiger partial charge is 0.269 e. The van der Waals surface area contributed by atoms with Crippen molar-refractivity contribution < 1.29 is 4.79 Å². The summed E-state index contributed by atoms with van der Waals surface area (Å²) >= 11 is 1.29. The van der Waals surface area contributed by atoms with E-state index < -0.39 is 0 Å². The van der Waals surface area contributed by atoms with Crippen molar-refractivity contribution >= 4 is 34.2 Å². The molecule has 0 fully saturated rings. The average Bonchev–Trinajstić information content (AvgIpc) is 2.97. The number of aromatic nitrogens is 3. The van der Waals surface area contributed by atoms with Crippen molar-refractivity contribution in [2.24, 2.45) is 0 Å². The van der Waals surface area contributed by atoms with Crippen LogP contribution in [0.25, 0.3) is 11.0 Å². The number of nitrogens with one attached hydrogen (secondary N) is 2. The summed E-state index contributed by atoms with van der Waals surface area (Å²) in [6, 6.07) is 7.60. The van der Waals surface area contributed by atoms with E-state index in [2.05, 4.69) is 20.3 Å². The fraction of sp³-hybridized carbons (Fsp3) is 0. The molecule has 1 amide bonds. The molecule has 0 spiro atoms. The molecule has 0 saturated carbocycles. The number of thiazole rings is 1. The Morgan fingerprint density at radius 1 is 1.35 bits per heavy atom. The molecule has 3 rings (SSSR count). The van der Waals surface area contributed by atoms with Crippen LogP contribution in [0.4, 0.5) is 5.95 Å². The maximum atomic E-state index is 11.8. The van der Waals surface area contributed by atoms with Gasteiger partial charge < -0.3 is 4.98 Å². The Morgan fingerprint density at radius 3 is 3.00 bits per heavy atom. The lowest BCUT2D eigenvalue weighted by atomic mass is 10.3. The van der Waals surface area contributed by atoms with Crippen LogP contribution >= 0.6 is 11.3 Å². The summed E-state index contributed by atoms with van der Waals surface area (Å²) < 4.78 is 0. The third kappa shape index (κ3) is 1.90. The molecule has 5 nitrogen and oxygen atoms in total. The number of benzene rings is 1. The second-order valence-corrected chi connectivity index (χ2v) is 4.31. The van der Waals surface area contributed by atoms with Gasteiger partial charge in [-0.1, -0.05) is 12.1 Å². The second-order valence-electron chi connectivity index (χ2n) is 3.42. The Hall–Kier alpha value is -2.21. The highest BCUT2D eigenvalue weighted by molar-refractivity contribution is 7.11. The Bertz CT molecular complexity index is 626. The first-order chi connectivity index (χ1) is 8.33. The van der Waals surface area contributed by atoms with E-state index >= 15 is 0 Å². The molecule has 0 saturated heterocycles. The fourth-order valence-corrected chi connectivity index (χ4v) is 2.02.